The van der Waals surface area contributed by atoms with Crippen LogP contribution in [0, 0.1) is 5.92 Å². The molecule has 0 aromatic rings. The Kier molecular flexibility index (Phi) is 4.26. The molecule has 4 heteroatoms. The molecule has 1 unspecified atom stereocenters. The first-order valence-corrected chi connectivity index (χ1v) is 5.34. The molecule has 84 valence electrons. The number of alkyl halides is 2. The summed E-state index contributed by atoms with van der Waals surface area (Å²) in [5.41, 5.74) is 5.47. The lowest BCUT2D eigenvalue weighted by atomic mass is 10.0. The second kappa shape index (κ2) is 5.03. The smallest absolute Gasteiger partial charge is 0.260 e. The molecule has 1 heterocycles. The van der Waals surface area contributed by atoms with Crippen LogP contribution < -0.4 is 5.73 Å². The van der Waals surface area contributed by atoms with Crippen molar-refractivity contribution in [3.05, 3.63) is 0 Å². The van der Waals surface area contributed by atoms with Crippen LogP contribution in [0.15, 0.2) is 0 Å². The first kappa shape index (κ1) is 11.9. The summed E-state index contributed by atoms with van der Waals surface area (Å²) in [4.78, 5) is 1.86. The van der Waals surface area contributed by atoms with Crippen molar-refractivity contribution in [2.24, 2.45) is 11.7 Å². The van der Waals surface area contributed by atoms with Crippen LogP contribution in [0.25, 0.3) is 0 Å². The summed E-state index contributed by atoms with van der Waals surface area (Å²) in [6.45, 7) is 4.21. The van der Waals surface area contributed by atoms with Gasteiger partial charge in [-0.25, -0.2) is 8.78 Å². The Balaban J connectivity index is 2.24. The average molecular weight is 206 g/mol. The molecule has 0 radical (unpaired) electrons. The van der Waals surface area contributed by atoms with E-state index in [-0.39, 0.29) is 13.0 Å². The van der Waals surface area contributed by atoms with Crippen molar-refractivity contribution in [1.82, 2.24) is 4.90 Å². The minimum atomic E-state index is -2.47. The predicted molar refractivity (Wildman–Crippen MR) is 53.5 cm³/mol. The quantitative estimate of drug-likeness (QED) is 0.758. The third-order valence-electron chi connectivity index (χ3n) is 2.81. The van der Waals surface area contributed by atoms with E-state index in [1.54, 1.807) is 0 Å². The monoisotopic (exact) mass is 206 g/mol. The zero-order valence-electron chi connectivity index (χ0n) is 8.81. The zero-order valence-corrected chi connectivity index (χ0v) is 8.81. The zero-order chi connectivity index (χ0) is 10.6. The molecule has 2 nitrogen and oxygen atoms in total. The van der Waals surface area contributed by atoms with Crippen molar-refractivity contribution in [2.45, 2.75) is 32.1 Å². The summed E-state index contributed by atoms with van der Waals surface area (Å²) < 4.78 is 26.0. The fourth-order valence-electron chi connectivity index (χ4n) is 1.76. The van der Waals surface area contributed by atoms with E-state index in [1.807, 2.05) is 4.90 Å². The molecule has 1 rings (SSSR count). The summed E-state index contributed by atoms with van der Waals surface area (Å²) in [7, 11) is 0. The average Bonchev–Trinajstić information content (AvgIpc) is 2.12. The molecule has 0 saturated carbocycles. The number of nitrogens with two attached hydrogens (primary N) is 1. The number of likely N-dealkylation sites (tertiary alicyclic amines) is 1. The van der Waals surface area contributed by atoms with Crippen molar-refractivity contribution >= 4 is 0 Å². The molecule has 0 bridgehead atoms. The standard InChI is InChI=1S/C10H20F2N2/c1-9(7-13)3-6-14-5-2-4-10(11,12)8-14/h9H,2-8,13H2,1H3. The third kappa shape index (κ3) is 3.88. The Labute approximate surface area is 84.4 Å². The Morgan fingerprint density at radius 3 is 2.79 bits per heavy atom. The Morgan fingerprint density at radius 2 is 2.21 bits per heavy atom. The number of rotatable bonds is 4. The van der Waals surface area contributed by atoms with Gasteiger partial charge in [0.25, 0.3) is 5.92 Å². The van der Waals surface area contributed by atoms with Gasteiger partial charge in [-0.15, -0.1) is 0 Å². The van der Waals surface area contributed by atoms with E-state index in [1.165, 1.54) is 0 Å². The van der Waals surface area contributed by atoms with Crippen LogP contribution >= 0.6 is 0 Å². The Hall–Kier alpha value is -0.220. The third-order valence-corrected chi connectivity index (χ3v) is 2.81. The number of halogens is 2. The van der Waals surface area contributed by atoms with Crippen LogP contribution in [0.1, 0.15) is 26.2 Å². The van der Waals surface area contributed by atoms with E-state index in [2.05, 4.69) is 6.92 Å². The van der Waals surface area contributed by atoms with Crippen LogP contribution in [0.3, 0.4) is 0 Å². The van der Waals surface area contributed by atoms with E-state index in [0.29, 0.717) is 18.9 Å². The SMILES string of the molecule is CC(CN)CCN1CCCC(F)(F)C1. The summed E-state index contributed by atoms with van der Waals surface area (Å²) in [5.74, 6) is -2.03. The maximum absolute atomic E-state index is 13.0. The molecular weight excluding hydrogens is 186 g/mol. The summed E-state index contributed by atoms with van der Waals surface area (Å²) >= 11 is 0. The van der Waals surface area contributed by atoms with E-state index in [9.17, 15) is 8.78 Å². The van der Waals surface area contributed by atoms with Crippen LogP contribution in [0.2, 0.25) is 0 Å². The topological polar surface area (TPSA) is 29.3 Å². The molecule has 0 aromatic heterocycles. The van der Waals surface area contributed by atoms with Gasteiger partial charge in [0, 0.05) is 6.42 Å². The molecule has 0 spiro atoms. The first-order chi connectivity index (χ1) is 6.53. The molecule has 1 saturated heterocycles. The van der Waals surface area contributed by atoms with E-state index in [0.717, 1.165) is 19.5 Å². The highest BCUT2D eigenvalue weighted by Gasteiger charge is 2.34. The van der Waals surface area contributed by atoms with E-state index in [4.69, 9.17) is 5.73 Å². The summed E-state index contributed by atoms with van der Waals surface area (Å²) in [6, 6.07) is 0. The lowest BCUT2D eigenvalue weighted by molar-refractivity contribution is -0.0646. The number of piperidine rings is 1. The maximum Gasteiger partial charge on any atom is 0.260 e. The fourth-order valence-corrected chi connectivity index (χ4v) is 1.76. The van der Waals surface area contributed by atoms with Crippen LogP contribution in [0.4, 0.5) is 8.78 Å². The number of nitrogens with zero attached hydrogens (tertiary/aromatic N) is 1. The van der Waals surface area contributed by atoms with Crippen molar-refractivity contribution < 1.29 is 8.78 Å². The predicted octanol–water partition coefficient (Wildman–Crippen LogP) is 1.70. The highest BCUT2D eigenvalue weighted by molar-refractivity contribution is 4.78. The molecule has 2 N–H and O–H groups in total. The highest BCUT2D eigenvalue weighted by Crippen LogP contribution is 2.26. The van der Waals surface area contributed by atoms with Crippen molar-refractivity contribution in [1.29, 1.82) is 0 Å². The molecule has 1 aliphatic heterocycles. The van der Waals surface area contributed by atoms with Gasteiger partial charge in [0.15, 0.2) is 0 Å². The molecule has 0 aliphatic carbocycles. The van der Waals surface area contributed by atoms with Crippen LogP contribution in [-0.4, -0.2) is 37.0 Å². The van der Waals surface area contributed by atoms with E-state index < -0.39 is 5.92 Å². The van der Waals surface area contributed by atoms with Gasteiger partial charge in [0.1, 0.15) is 0 Å². The van der Waals surface area contributed by atoms with Crippen molar-refractivity contribution in [3.8, 4) is 0 Å². The van der Waals surface area contributed by atoms with E-state index >= 15 is 0 Å². The maximum atomic E-state index is 13.0. The van der Waals surface area contributed by atoms with Gasteiger partial charge in [-0.1, -0.05) is 6.92 Å². The second-order valence-electron chi connectivity index (χ2n) is 4.37. The lowest BCUT2D eigenvalue weighted by Crippen LogP contribution is -2.43. The van der Waals surface area contributed by atoms with Gasteiger partial charge in [0.05, 0.1) is 6.54 Å². The minimum absolute atomic E-state index is 0.0515. The molecule has 14 heavy (non-hydrogen) atoms. The summed E-state index contributed by atoms with van der Waals surface area (Å²) in [6.07, 6.45) is 1.59. The van der Waals surface area contributed by atoms with Gasteiger partial charge >= 0.3 is 0 Å². The highest BCUT2D eigenvalue weighted by atomic mass is 19.3. The minimum Gasteiger partial charge on any atom is -0.330 e. The normalized spacial score (nSPS) is 24.9. The molecule has 1 fully saturated rings. The molecule has 1 aliphatic rings. The molecular formula is C10H20F2N2. The van der Waals surface area contributed by atoms with Gasteiger partial charge in [-0.3, -0.25) is 4.90 Å². The lowest BCUT2D eigenvalue weighted by Gasteiger charge is -2.32. The fraction of sp³-hybridized carbons (Fsp3) is 1.00. The summed E-state index contributed by atoms with van der Waals surface area (Å²) in [5, 5.41) is 0. The van der Waals surface area contributed by atoms with Gasteiger partial charge in [-0.05, 0) is 38.4 Å². The molecule has 1 atom stereocenters. The number of hydrogen-bond donors (Lipinski definition) is 1. The van der Waals surface area contributed by atoms with Crippen LogP contribution in [-0.2, 0) is 0 Å². The van der Waals surface area contributed by atoms with Crippen molar-refractivity contribution in [2.75, 3.05) is 26.2 Å². The first-order valence-electron chi connectivity index (χ1n) is 5.34. The van der Waals surface area contributed by atoms with Gasteiger partial charge in [0.2, 0.25) is 0 Å². The second-order valence-corrected chi connectivity index (χ2v) is 4.37. The number of hydrogen-bond acceptors (Lipinski definition) is 2. The largest absolute Gasteiger partial charge is 0.330 e. The van der Waals surface area contributed by atoms with Crippen molar-refractivity contribution in [3.63, 3.8) is 0 Å². The van der Waals surface area contributed by atoms with Gasteiger partial charge in [-0.2, -0.15) is 0 Å². The van der Waals surface area contributed by atoms with Gasteiger partial charge < -0.3 is 5.73 Å². The Bertz CT molecular complexity index is 174. The Morgan fingerprint density at radius 1 is 1.50 bits per heavy atom. The molecule has 0 amide bonds. The van der Waals surface area contributed by atoms with Crippen LogP contribution in [0.5, 0.6) is 0 Å². The molecule has 0 aromatic carbocycles.